The molecule has 0 unspecified atom stereocenters. The van der Waals surface area contributed by atoms with Crippen molar-refractivity contribution in [2.45, 2.75) is 0 Å². The van der Waals surface area contributed by atoms with E-state index in [-0.39, 0.29) is 39.4 Å². The molecule has 0 rings (SSSR count). The van der Waals surface area contributed by atoms with Crippen LogP contribution >= 0.6 is 0 Å². The van der Waals surface area contributed by atoms with Crippen molar-refractivity contribution in [1.82, 2.24) is 4.90 Å². The van der Waals surface area contributed by atoms with E-state index in [2.05, 4.69) is 4.74 Å². The van der Waals surface area contributed by atoms with Crippen molar-refractivity contribution in [3.05, 3.63) is 0 Å². The molecule has 0 heterocycles. The lowest BCUT2D eigenvalue weighted by molar-refractivity contribution is -0.159. The molecular formula is C8H16N2O5. The van der Waals surface area contributed by atoms with E-state index in [0.717, 1.165) is 0 Å². The van der Waals surface area contributed by atoms with Crippen LogP contribution < -0.4 is 5.73 Å². The molecule has 88 valence electrons. The molecule has 0 saturated heterocycles. The van der Waals surface area contributed by atoms with Gasteiger partial charge in [-0.05, 0) is 0 Å². The van der Waals surface area contributed by atoms with Crippen LogP contribution in [0.25, 0.3) is 0 Å². The van der Waals surface area contributed by atoms with Crippen molar-refractivity contribution >= 4 is 11.9 Å². The van der Waals surface area contributed by atoms with Gasteiger partial charge in [0.05, 0.1) is 26.3 Å². The van der Waals surface area contributed by atoms with Gasteiger partial charge < -0.3 is 20.7 Å². The van der Waals surface area contributed by atoms with Crippen LogP contribution in [0.4, 0.5) is 0 Å². The molecule has 0 spiro atoms. The molecule has 15 heavy (non-hydrogen) atoms. The Bertz CT molecular complexity index is 203. The molecule has 0 aliphatic rings. The molecule has 0 aliphatic heterocycles. The number of hydrogen-bond acceptors (Lipinski definition) is 7. The predicted octanol–water partition coefficient (Wildman–Crippen LogP) is -2.70. The van der Waals surface area contributed by atoms with Crippen LogP contribution in [-0.4, -0.2) is 66.4 Å². The number of ether oxygens (including phenoxy) is 1. The zero-order valence-electron chi connectivity index (χ0n) is 8.39. The zero-order valence-corrected chi connectivity index (χ0v) is 8.39. The van der Waals surface area contributed by atoms with Gasteiger partial charge in [0, 0.05) is 13.1 Å². The third-order valence-electron chi connectivity index (χ3n) is 1.58. The number of carbonyl (C=O) groups excluding carboxylic acids is 2. The van der Waals surface area contributed by atoms with E-state index < -0.39 is 11.9 Å². The molecule has 7 nitrogen and oxygen atoms in total. The summed E-state index contributed by atoms with van der Waals surface area (Å²) in [5, 5.41) is 17.3. The summed E-state index contributed by atoms with van der Waals surface area (Å²) < 4.78 is 4.31. The number of rotatable bonds is 7. The highest BCUT2D eigenvalue weighted by Crippen LogP contribution is 1.89. The average Bonchev–Trinajstić information content (AvgIpc) is 2.18. The van der Waals surface area contributed by atoms with Gasteiger partial charge in [-0.1, -0.05) is 0 Å². The van der Waals surface area contributed by atoms with Crippen LogP contribution in [0, 0.1) is 0 Å². The molecule has 0 aromatic heterocycles. The van der Waals surface area contributed by atoms with Crippen molar-refractivity contribution < 1.29 is 24.5 Å². The average molecular weight is 220 g/mol. The van der Waals surface area contributed by atoms with Gasteiger partial charge in [0.25, 0.3) is 0 Å². The fourth-order valence-corrected chi connectivity index (χ4v) is 0.936. The third-order valence-corrected chi connectivity index (χ3v) is 1.58. The molecule has 0 saturated carbocycles. The fourth-order valence-electron chi connectivity index (χ4n) is 0.936. The summed E-state index contributed by atoms with van der Waals surface area (Å²) in [6.07, 6.45) is 0. The molecule has 4 N–H and O–H groups in total. The van der Waals surface area contributed by atoms with Crippen LogP contribution in [0.5, 0.6) is 0 Å². The van der Waals surface area contributed by atoms with Crippen molar-refractivity contribution in [3.63, 3.8) is 0 Å². The van der Waals surface area contributed by atoms with Crippen LogP contribution in [0.3, 0.4) is 0 Å². The van der Waals surface area contributed by atoms with Crippen LogP contribution in [-0.2, 0) is 14.3 Å². The molecule has 0 radical (unpaired) electrons. The first-order valence-electron chi connectivity index (χ1n) is 4.51. The van der Waals surface area contributed by atoms with Crippen molar-refractivity contribution in [2.75, 3.05) is 39.4 Å². The second kappa shape index (κ2) is 8.30. The first-order chi connectivity index (χ1) is 7.13. The number of carbonyl (C=O) groups is 2. The van der Waals surface area contributed by atoms with E-state index >= 15 is 0 Å². The molecule has 0 fully saturated rings. The molecule has 0 aliphatic carbocycles. The second-order valence-electron chi connectivity index (χ2n) is 2.77. The Balaban J connectivity index is 3.93. The van der Waals surface area contributed by atoms with Gasteiger partial charge in [0.2, 0.25) is 0 Å². The van der Waals surface area contributed by atoms with Gasteiger partial charge in [0.15, 0.2) is 0 Å². The Hall–Kier alpha value is -1.02. The molecule has 0 bridgehead atoms. The summed E-state index contributed by atoms with van der Waals surface area (Å²) >= 11 is 0. The van der Waals surface area contributed by atoms with Gasteiger partial charge in [-0.2, -0.15) is 0 Å². The number of aliphatic hydroxyl groups is 2. The Labute approximate surface area is 87.4 Å². The van der Waals surface area contributed by atoms with Gasteiger partial charge in [-0.25, -0.2) is 0 Å². The highest BCUT2D eigenvalue weighted by Gasteiger charge is 2.13. The van der Waals surface area contributed by atoms with Gasteiger partial charge >= 0.3 is 11.9 Å². The minimum atomic E-state index is -0.798. The quantitative estimate of drug-likeness (QED) is 0.316. The normalized spacial score (nSPS) is 10.4. The van der Waals surface area contributed by atoms with E-state index in [4.69, 9.17) is 15.9 Å². The Morgan fingerprint density at radius 3 is 2.07 bits per heavy atom. The first kappa shape index (κ1) is 14.0. The molecule has 0 amide bonds. The Morgan fingerprint density at radius 1 is 1.13 bits per heavy atom. The lowest BCUT2D eigenvalue weighted by Crippen LogP contribution is -2.36. The van der Waals surface area contributed by atoms with Crippen molar-refractivity contribution in [2.24, 2.45) is 5.73 Å². The predicted molar refractivity (Wildman–Crippen MR) is 50.8 cm³/mol. The first-order valence-corrected chi connectivity index (χ1v) is 4.51. The smallest absolute Gasteiger partial charge is 0.327 e. The van der Waals surface area contributed by atoms with Gasteiger partial charge in [-0.3, -0.25) is 14.5 Å². The monoisotopic (exact) mass is 220 g/mol. The summed E-state index contributed by atoms with van der Waals surface area (Å²) in [6.45, 7) is -0.340. The third kappa shape index (κ3) is 6.97. The van der Waals surface area contributed by atoms with E-state index in [1.807, 2.05) is 0 Å². The number of nitrogens with two attached hydrogens (primary N) is 1. The van der Waals surface area contributed by atoms with Crippen LogP contribution in [0.2, 0.25) is 0 Å². The topological polar surface area (TPSA) is 113 Å². The molecule has 0 atom stereocenters. The lowest BCUT2D eigenvalue weighted by Gasteiger charge is -2.18. The zero-order chi connectivity index (χ0) is 11.7. The highest BCUT2D eigenvalue weighted by molar-refractivity contribution is 5.87. The maximum Gasteiger partial charge on any atom is 0.327 e. The maximum atomic E-state index is 11.1. The van der Waals surface area contributed by atoms with E-state index in [1.54, 1.807) is 0 Å². The largest absolute Gasteiger partial charge is 0.395 e. The second-order valence-corrected chi connectivity index (χ2v) is 2.77. The van der Waals surface area contributed by atoms with E-state index in [1.165, 1.54) is 4.90 Å². The summed E-state index contributed by atoms with van der Waals surface area (Å²) in [6, 6.07) is 0. The van der Waals surface area contributed by atoms with Gasteiger partial charge in [-0.15, -0.1) is 0 Å². The maximum absolute atomic E-state index is 11.1. The molecule has 0 aromatic carbocycles. The number of nitrogens with zero attached hydrogens (tertiary/aromatic N) is 1. The Morgan fingerprint density at radius 2 is 1.67 bits per heavy atom. The summed E-state index contributed by atoms with van der Waals surface area (Å²) in [5.41, 5.74) is 4.95. The van der Waals surface area contributed by atoms with Crippen molar-refractivity contribution in [3.8, 4) is 0 Å². The number of hydrogen-bond donors (Lipinski definition) is 3. The van der Waals surface area contributed by atoms with E-state index in [0.29, 0.717) is 0 Å². The van der Waals surface area contributed by atoms with Crippen LogP contribution in [0.1, 0.15) is 0 Å². The fraction of sp³-hybridized carbons (Fsp3) is 0.750. The summed E-state index contributed by atoms with van der Waals surface area (Å²) in [4.78, 5) is 23.2. The molecule has 0 aromatic rings. The van der Waals surface area contributed by atoms with Gasteiger partial charge in [0.1, 0.15) is 0 Å². The van der Waals surface area contributed by atoms with E-state index in [9.17, 15) is 9.59 Å². The minimum absolute atomic E-state index is 0.141. The highest BCUT2D eigenvalue weighted by atomic mass is 16.6. The summed E-state index contributed by atoms with van der Waals surface area (Å²) in [7, 11) is 0. The minimum Gasteiger partial charge on any atom is -0.395 e. The Kier molecular flexibility index (Phi) is 7.74. The molecule has 7 heteroatoms. The SMILES string of the molecule is NCC(=O)OC(=O)CN(CCO)CCO. The number of esters is 2. The lowest BCUT2D eigenvalue weighted by atomic mass is 10.4. The van der Waals surface area contributed by atoms with Crippen molar-refractivity contribution in [1.29, 1.82) is 0 Å². The standard InChI is InChI=1S/C8H16N2O5/c9-5-7(13)15-8(14)6-10(1-3-11)2-4-12/h11-12H,1-6,9H2. The number of aliphatic hydroxyl groups excluding tert-OH is 2. The van der Waals surface area contributed by atoms with Crippen LogP contribution in [0.15, 0.2) is 0 Å². The summed E-state index contributed by atoms with van der Waals surface area (Å²) in [5.74, 6) is -1.54. The molecular weight excluding hydrogens is 204 g/mol.